The number of aromatic nitrogens is 1. The highest BCUT2D eigenvalue weighted by Gasteiger charge is 2.28. The highest BCUT2D eigenvalue weighted by Crippen LogP contribution is 2.31. The summed E-state index contributed by atoms with van der Waals surface area (Å²) in [4.78, 5) is 30.2. The molecule has 2 heterocycles. The second-order valence-electron chi connectivity index (χ2n) is 6.51. The molecule has 0 saturated carbocycles. The molecule has 1 N–H and O–H groups in total. The maximum atomic E-state index is 13.1. The smallest absolute Gasteiger partial charge is 0.335 e. The van der Waals surface area contributed by atoms with Crippen molar-refractivity contribution in [1.82, 2.24) is 9.88 Å². The summed E-state index contributed by atoms with van der Waals surface area (Å²) in [5.41, 5.74) is 2.57. The van der Waals surface area contributed by atoms with Crippen LogP contribution >= 0.6 is 0 Å². The number of nitrogens with zero attached hydrogens (tertiary/aromatic N) is 2. The molecule has 0 radical (unpaired) electrons. The average molecular weight is 338 g/mol. The predicted molar refractivity (Wildman–Crippen MR) is 94.6 cm³/mol. The molecule has 0 spiro atoms. The van der Waals surface area contributed by atoms with E-state index in [1.54, 1.807) is 0 Å². The van der Waals surface area contributed by atoms with E-state index in [0.717, 1.165) is 31.2 Å². The van der Waals surface area contributed by atoms with Crippen molar-refractivity contribution >= 4 is 11.9 Å². The Hall–Kier alpha value is -2.69. The van der Waals surface area contributed by atoms with E-state index in [1.165, 1.54) is 23.9 Å². The molecule has 3 rings (SSSR count). The van der Waals surface area contributed by atoms with Gasteiger partial charge in [-0.3, -0.25) is 9.78 Å². The Bertz CT molecular complexity index is 788. The molecule has 0 aliphatic carbocycles. The fourth-order valence-corrected chi connectivity index (χ4v) is 3.40. The molecule has 0 bridgehead atoms. The molecule has 1 aliphatic heterocycles. The number of aromatic carboxylic acids is 1. The molecule has 1 aliphatic rings. The minimum atomic E-state index is -1.05. The lowest BCUT2D eigenvalue weighted by molar-refractivity contribution is 0.0674. The highest BCUT2D eigenvalue weighted by atomic mass is 16.4. The van der Waals surface area contributed by atoms with E-state index in [0.29, 0.717) is 6.54 Å². The first-order valence-corrected chi connectivity index (χ1v) is 8.63. The predicted octanol–water partition coefficient (Wildman–Crippen LogP) is 3.85. The van der Waals surface area contributed by atoms with Gasteiger partial charge in [-0.15, -0.1) is 0 Å². The Morgan fingerprint density at radius 3 is 2.76 bits per heavy atom. The van der Waals surface area contributed by atoms with E-state index in [-0.39, 0.29) is 23.2 Å². The van der Waals surface area contributed by atoms with Crippen LogP contribution in [-0.2, 0) is 0 Å². The second-order valence-corrected chi connectivity index (χ2v) is 6.51. The summed E-state index contributed by atoms with van der Waals surface area (Å²) in [5, 5.41) is 9.15. The van der Waals surface area contributed by atoms with E-state index < -0.39 is 5.97 Å². The van der Waals surface area contributed by atoms with E-state index in [2.05, 4.69) is 17.1 Å². The lowest BCUT2D eigenvalue weighted by atomic mass is 9.99. The van der Waals surface area contributed by atoms with Crippen molar-refractivity contribution in [2.75, 3.05) is 6.54 Å². The Balaban J connectivity index is 1.94. The minimum Gasteiger partial charge on any atom is -0.478 e. The van der Waals surface area contributed by atoms with Crippen LogP contribution in [0.25, 0.3) is 0 Å². The van der Waals surface area contributed by atoms with E-state index in [4.69, 9.17) is 5.11 Å². The minimum absolute atomic E-state index is 0.00480. The van der Waals surface area contributed by atoms with Gasteiger partial charge in [0.1, 0.15) is 5.69 Å². The average Bonchev–Trinajstić information content (AvgIpc) is 2.87. The summed E-state index contributed by atoms with van der Waals surface area (Å²) in [5.74, 6) is -1.25. The van der Waals surface area contributed by atoms with Crippen molar-refractivity contribution < 1.29 is 14.7 Å². The SMILES string of the molecule is Cc1cccc(C2CCCCCN2C(=O)c2cc(C(=O)O)ccn2)c1. The molecule has 1 atom stereocenters. The third-order valence-electron chi connectivity index (χ3n) is 4.67. The first-order valence-electron chi connectivity index (χ1n) is 8.63. The summed E-state index contributed by atoms with van der Waals surface area (Å²) >= 11 is 0. The number of carboxylic acids is 1. The van der Waals surface area contributed by atoms with Crippen LogP contribution in [0, 0.1) is 6.92 Å². The summed E-state index contributed by atoms with van der Waals surface area (Å²) < 4.78 is 0. The number of carbonyl (C=O) groups excluding carboxylic acids is 1. The van der Waals surface area contributed by atoms with Gasteiger partial charge in [-0.05, 0) is 37.5 Å². The molecule has 2 aromatic rings. The van der Waals surface area contributed by atoms with Gasteiger partial charge in [-0.1, -0.05) is 42.7 Å². The number of amides is 1. The summed E-state index contributed by atoms with van der Waals surface area (Å²) in [6.45, 7) is 2.71. The van der Waals surface area contributed by atoms with Gasteiger partial charge < -0.3 is 10.0 Å². The zero-order valence-corrected chi connectivity index (χ0v) is 14.3. The van der Waals surface area contributed by atoms with Crippen molar-refractivity contribution in [3.05, 3.63) is 65.0 Å². The molecular weight excluding hydrogens is 316 g/mol. The molecule has 5 heteroatoms. The normalized spacial score (nSPS) is 17.8. The number of hydrogen-bond donors (Lipinski definition) is 1. The van der Waals surface area contributed by atoms with Gasteiger partial charge in [-0.25, -0.2) is 4.79 Å². The molecule has 1 saturated heterocycles. The van der Waals surface area contributed by atoms with Gasteiger partial charge in [0.15, 0.2) is 0 Å². The fourth-order valence-electron chi connectivity index (χ4n) is 3.40. The Morgan fingerprint density at radius 2 is 2.00 bits per heavy atom. The number of hydrogen-bond acceptors (Lipinski definition) is 3. The van der Waals surface area contributed by atoms with Crippen LogP contribution in [0.5, 0.6) is 0 Å². The molecule has 1 aromatic heterocycles. The van der Waals surface area contributed by atoms with Crippen LogP contribution in [0.3, 0.4) is 0 Å². The molecule has 1 aromatic carbocycles. The van der Waals surface area contributed by atoms with Crippen LogP contribution in [-0.4, -0.2) is 33.4 Å². The third-order valence-corrected chi connectivity index (χ3v) is 4.67. The first kappa shape index (κ1) is 17.1. The maximum absolute atomic E-state index is 13.1. The first-order chi connectivity index (χ1) is 12.1. The fraction of sp³-hybridized carbons (Fsp3) is 0.350. The highest BCUT2D eigenvalue weighted by molar-refractivity contribution is 5.96. The quantitative estimate of drug-likeness (QED) is 0.923. The molecule has 25 heavy (non-hydrogen) atoms. The van der Waals surface area contributed by atoms with Gasteiger partial charge in [0, 0.05) is 12.7 Å². The van der Waals surface area contributed by atoms with Gasteiger partial charge in [0.05, 0.1) is 11.6 Å². The lowest BCUT2D eigenvalue weighted by Gasteiger charge is -2.30. The van der Waals surface area contributed by atoms with Gasteiger partial charge >= 0.3 is 5.97 Å². The Morgan fingerprint density at radius 1 is 1.16 bits per heavy atom. The van der Waals surface area contributed by atoms with Crippen molar-refractivity contribution in [3.63, 3.8) is 0 Å². The van der Waals surface area contributed by atoms with Crippen LogP contribution in [0.4, 0.5) is 0 Å². The molecular formula is C20H22N2O3. The third kappa shape index (κ3) is 3.87. The topological polar surface area (TPSA) is 70.5 Å². The van der Waals surface area contributed by atoms with Crippen molar-refractivity contribution in [2.24, 2.45) is 0 Å². The number of aryl methyl sites for hydroxylation is 1. The van der Waals surface area contributed by atoms with Gasteiger partial charge in [0.2, 0.25) is 0 Å². The monoisotopic (exact) mass is 338 g/mol. The van der Waals surface area contributed by atoms with Crippen molar-refractivity contribution in [1.29, 1.82) is 0 Å². The standard InChI is InChI=1S/C20H22N2O3/c1-14-6-5-7-15(12-14)18-8-3-2-4-11-22(18)19(23)17-13-16(20(24)25)9-10-21-17/h5-7,9-10,12-13,18H,2-4,8,11H2,1H3,(H,24,25). The molecule has 1 amide bonds. The van der Waals surface area contributed by atoms with Crippen LogP contribution < -0.4 is 0 Å². The number of likely N-dealkylation sites (tertiary alicyclic amines) is 1. The van der Waals surface area contributed by atoms with Crippen LogP contribution in [0.15, 0.2) is 42.6 Å². The summed E-state index contributed by atoms with van der Waals surface area (Å²) in [6, 6.07) is 11.0. The number of benzene rings is 1. The second kappa shape index (κ2) is 7.47. The Kier molecular flexibility index (Phi) is 5.12. The number of carbonyl (C=O) groups is 2. The van der Waals surface area contributed by atoms with Gasteiger partial charge in [-0.2, -0.15) is 0 Å². The summed E-state index contributed by atoms with van der Waals surface area (Å²) in [7, 11) is 0. The molecule has 5 nitrogen and oxygen atoms in total. The zero-order valence-electron chi connectivity index (χ0n) is 14.3. The molecule has 1 unspecified atom stereocenters. The largest absolute Gasteiger partial charge is 0.478 e. The zero-order chi connectivity index (χ0) is 17.8. The van der Waals surface area contributed by atoms with E-state index >= 15 is 0 Å². The summed E-state index contributed by atoms with van der Waals surface area (Å²) in [6.07, 6.45) is 5.41. The van der Waals surface area contributed by atoms with Gasteiger partial charge in [0.25, 0.3) is 5.91 Å². The van der Waals surface area contributed by atoms with Crippen molar-refractivity contribution in [3.8, 4) is 0 Å². The Labute approximate surface area is 147 Å². The van der Waals surface area contributed by atoms with Crippen LogP contribution in [0.1, 0.15) is 63.7 Å². The van der Waals surface area contributed by atoms with E-state index in [1.807, 2.05) is 24.0 Å². The number of carboxylic acid groups (broad SMARTS) is 1. The maximum Gasteiger partial charge on any atom is 0.335 e. The number of rotatable bonds is 3. The van der Waals surface area contributed by atoms with E-state index in [9.17, 15) is 9.59 Å². The number of pyridine rings is 1. The molecule has 130 valence electrons. The van der Waals surface area contributed by atoms with Crippen molar-refractivity contribution in [2.45, 2.75) is 38.6 Å². The van der Waals surface area contributed by atoms with Crippen LogP contribution in [0.2, 0.25) is 0 Å². The molecule has 1 fully saturated rings. The lowest BCUT2D eigenvalue weighted by Crippen LogP contribution is -2.35.